The minimum atomic E-state index is -0.660. The minimum Gasteiger partial charge on any atom is -0.482 e. The van der Waals surface area contributed by atoms with Crippen LogP contribution in [0.1, 0.15) is 25.8 Å². The van der Waals surface area contributed by atoms with Crippen molar-refractivity contribution in [1.82, 2.24) is 10.2 Å². The number of halogens is 2. The number of carbonyl (C=O) groups is 2. The van der Waals surface area contributed by atoms with Crippen molar-refractivity contribution in [1.29, 1.82) is 0 Å². The van der Waals surface area contributed by atoms with E-state index in [4.69, 9.17) is 16.3 Å². The molecule has 2 rings (SSSR count). The van der Waals surface area contributed by atoms with Crippen LogP contribution >= 0.6 is 11.6 Å². The van der Waals surface area contributed by atoms with E-state index < -0.39 is 6.04 Å². The molecular formula is C21H24ClFN2O3. The standard InChI is InChI=1S/C21H24ClFN2O3/c1-3-18(21(27)24-4-2)25(13-15-9-11-16(23)12-10-15)20(26)14-28-19-8-6-5-7-17(19)22/h5-12,18H,3-4,13-14H2,1-2H3,(H,24,27). The van der Waals surface area contributed by atoms with Crippen LogP contribution in [0.3, 0.4) is 0 Å². The number of hydrogen-bond acceptors (Lipinski definition) is 3. The van der Waals surface area contributed by atoms with Crippen molar-refractivity contribution in [3.8, 4) is 5.75 Å². The van der Waals surface area contributed by atoms with Gasteiger partial charge in [0.2, 0.25) is 5.91 Å². The Hall–Kier alpha value is -2.60. The normalized spacial score (nSPS) is 11.6. The average Bonchev–Trinajstić information content (AvgIpc) is 2.68. The molecule has 2 aromatic rings. The van der Waals surface area contributed by atoms with Gasteiger partial charge in [-0.05, 0) is 43.2 Å². The van der Waals surface area contributed by atoms with Gasteiger partial charge in [-0.2, -0.15) is 0 Å². The topological polar surface area (TPSA) is 58.6 Å². The number of likely N-dealkylation sites (N-methyl/N-ethyl adjacent to an activating group) is 1. The molecule has 1 N–H and O–H groups in total. The highest BCUT2D eigenvalue weighted by Gasteiger charge is 2.28. The zero-order chi connectivity index (χ0) is 20.5. The lowest BCUT2D eigenvalue weighted by atomic mass is 10.1. The van der Waals surface area contributed by atoms with Crippen molar-refractivity contribution >= 4 is 23.4 Å². The SMILES string of the molecule is CCNC(=O)C(CC)N(Cc1ccc(F)cc1)C(=O)COc1ccccc1Cl. The fraction of sp³-hybridized carbons (Fsp3) is 0.333. The Morgan fingerprint density at radius 2 is 1.82 bits per heavy atom. The molecule has 2 aromatic carbocycles. The Morgan fingerprint density at radius 3 is 2.43 bits per heavy atom. The fourth-order valence-corrected chi connectivity index (χ4v) is 2.97. The first-order valence-electron chi connectivity index (χ1n) is 9.15. The second-order valence-corrected chi connectivity index (χ2v) is 6.59. The van der Waals surface area contributed by atoms with Crippen molar-refractivity contribution in [2.24, 2.45) is 0 Å². The number of hydrogen-bond donors (Lipinski definition) is 1. The monoisotopic (exact) mass is 406 g/mol. The quantitative estimate of drug-likeness (QED) is 0.689. The van der Waals surface area contributed by atoms with E-state index in [2.05, 4.69) is 5.32 Å². The zero-order valence-electron chi connectivity index (χ0n) is 16.0. The number of para-hydroxylation sites is 1. The van der Waals surface area contributed by atoms with E-state index in [-0.39, 0.29) is 30.8 Å². The first-order valence-corrected chi connectivity index (χ1v) is 9.53. The molecule has 0 bridgehead atoms. The molecule has 0 saturated carbocycles. The van der Waals surface area contributed by atoms with Gasteiger partial charge in [0.1, 0.15) is 17.6 Å². The second kappa shape index (κ2) is 10.7. The lowest BCUT2D eigenvalue weighted by molar-refractivity contribution is -0.142. The van der Waals surface area contributed by atoms with Crippen LogP contribution in [0.2, 0.25) is 5.02 Å². The first kappa shape index (κ1) is 21.7. The molecule has 0 aliphatic rings. The van der Waals surface area contributed by atoms with Gasteiger partial charge >= 0.3 is 0 Å². The number of nitrogens with zero attached hydrogens (tertiary/aromatic N) is 1. The molecular weight excluding hydrogens is 383 g/mol. The summed E-state index contributed by atoms with van der Waals surface area (Å²) in [6.45, 7) is 4.02. The molecule has 2 amide bonds. The Kier molecular flexibility index (Phi) is 8.26. The molecule has 0 heterocycles. The fourth-order valence-electron chi connectivity index (χ4n) is 2.78. The van der Waals surface area contributed by atoms with Crippen molar-refractivity contribution in [3.05, 3.63) is 64.9 Å². The van der Waals surface area contributed by atoms with E-state index in [1.165, 1.54) is 17.0 Å². The molecule has 0 radical (unpaired) electrons. The van der Waals surface area contributed by atoms with E-state index in [0.717, 1.165) is 5.56 Å². The van der Waals surface area contributed by atoms with Crippen LogP contribution < -0.4 is 10.1 Å². The number of carbonyl (C=O) groups excluding carboxylic acids is 2. The van der Waals surface area contributed by atoms with E-state index in [9.17, 15) is 14.0 Å². The van der Waals surface area contributed by atoms with E-state index in [1.807, 2.05) is 13.8 Å². The van der Waals surface area contributed by atoms with Crippen LogP contribution in [-0.4, -0.2) is 35.9 Å². The lowest BCUT2D eigenvalue weighted by Crippen LogP contribution is -2.50. The molecule has 0 saturated heterocycles. The summed E-state index contributed by atoms with van der Waals surface area (Å²) in [6.07, 6.45) is 0.435. The molecule has 1 unspecified atom stereocenters. The second-order valence-electron chi connectivity index (χ2n) is 6.19. The van der Waals surface area contributed by atoms with Crippen LogP contribution in [0.15, 0.2) is 48.5 Å². The lowest BCUT2D eigenvalue weighted by Gasteiger charge is -2.30. The summed E-state index contributed by atoms with van der Waals surface area (Å²) in [7, 11) is 0. The maximum absolute atomic E-state index is 13.2. The smallest absolute Gasteiger partial charge is 0.261 e. The molecule has 5 nitrogen and oxygen atoms in total. The maximum Gasteiger partial charge on any atom is 0.261 e. The molecule has 150 valence electrons. The van der Waals surface area contributed by atoms with Crippen molar-refractivity contribution in [2.45, 2.75) is 32.9 Å². The Morgan fingerprint density at radius 1 is 1.14 bits per heavy atom. The van der Waals surface area contributed by atoms with Gasteiger partial charge in [-0.25, -0.2) is 4.39 Å². The molecule has 0 aliphatic heterocycles. The number of amides is 2. The van der Waals surface area contributed by atoms with Crippen molar-refractivity contribution < 1.29 is 18.7 Å². The van der Waals surface area contributed by atoms with Crippen LogP contribution in [0.4, 0.5) is 4.39 Å². The van der Waals surface area contributed by atoms with Gasteiger partial charge in [-0.1, -0.05) is 42.8 Å². The number of benzene rings is 2. The van der Waals surface area contributed by atoms with Crippen LogP contribution in [0, 0.1) is 5.82 Å². The van der Waals surface area contributed by atoms with Gasteiger partial charge in [0.25, 0.3) is 5.91 Å². The van der Waals surface area contributed by atoms with Gasteiger partial charge in [0, 0.05) is 13.1 Å². The highest BCUT2D eigenvalue weighted by atomic mass is 35.5. The van der Waals surface area contributed by atoms with Crippen LogP contribution in [-0.2, 0) is 16.1 Å². The summed E-state index contributed by atoms with van der Waals surface area (Å²) < 4.78 is 18.8. The Labute approximate surface area is 169 Å². The summed E-state index contributed by atoms with van der Waals surface area (Å²) in [5.41, 5.74) is 0.718. The molecule has 1 atom stereocenters. The Balaban J connectivity index is 2.19. The van der Waals surface area contributed by atoms with Crippen molar-refractivity contribution in [2.75, 3.05) is 13.2 Å². The number of ether oxygens (including phenoxy) is 1. The van der Waals surface area contributed by atoms with E-state index >= 15 is 0 Å². The van der Waals surface area contributed by atoms with Gasteiger partial charge in [-0.15, -0.1) is 0 Å². The molecule has 0 fully saturated rings. The van der Waals surface area contributed by atoms with Gasteiger partial charge in [0.05, 0.1) is 5.02 Å². The highest BCUT2D eigenvalue weighted by molar-refractivity contribution is 6.32. The summed E-state index contributed by atoms with van der Waals surface area (Å²) in [5.74, 6) is -0.565. The van der Waals surface area contributed by atoms with Crippen LogP contribution in [0.25, 0.3) is 0 Å². The molecule has 28 heavy (non-hydrogen) atoms. The largest absolute Gasteiger partial charge is 0.482 e. The first-order chi connectivity index (χ1) is 13.5. The average molecular weight is 407 g/mol. The molecule has 0 aliphatic carbocycles. The third-order valence-corrected chi connectivity index (χ3v) is 4.50. The Bertz CT molecular complexity index is 798. The maximum atomic E-state index is 13.2. The molecule has 0 aromatic heterocycles. The number of rotatable bonds is 9. The minimum absolute atomic E-state index is 0.167. The summed E-state index contributed by atoms with van der Waals surface area (Å²) in [4.78, 5) is 26.8. The molecule has 7 heteroatoms. The third kappa shape index (κ3) is 5.96. The van der Waals surface area contributed by atoms with E-state index in [1.54, 1.807) is 36.4 Å². The van der Waals surface area contributed by atoms with Crippen LogP contribution in [0.5, 0.6) is 5.75 Å². The summed E-state index contributed by atoms with van der Waals surface area (Å²) in [6, 6.07) is 12.0. The van der Waals surface area contributed by atoms with Crippen molar-refractivity contribution in [3.63, 3.8) is 0 Å². The summed E-state index contributed by atoms with van der Waals surface area (Å²) in [5, 5.41) is 3.15. The molecule has 0 spiro atoms. The third-order valence-electron chi connectivity index (χ3n) is 4.19. The summed E-state index contributed by atoms with van der Waals surface area (Å²) >= 11 is 6.06. The highest BCUT2D eigenvalue weighted by Crippen LogP contribution is 2.23. The number of nitrogens with one attached hydrogen (secondary N) is 1. The zero-order valence-corrected chi connectivity index (χ0v) is 16.7. The van der Waals surface area contributed by atoms with E-state index in [0.29, 0.717) is 23.7 Å². The predicted molar refractivity (Wildman–Crippen MR) is 107 cm³/mol. The van der Waals surface area contributed by atoms with Gasteiger partial charge in [0.15, 0.2) is 6.61 Å². The van der Waals surface area contributed by atoms with Gasteiger partial charge < -0.3 is 15.0 Å². The van der Waals surface area contributed by atoms with Gasteiger partial charge in [-0.3, -0.25) is 9.59 Å². The predicted octanol–water partition coefficient (Wildman–Crippen LogP) is 3.80.